The van der Waals surface area contributed by atoms with Gasteiger partial charge in [-0.1, -0.05) is 30.7 Å². The Balaban J connectivity index is 1.61. The van der Waals surface area contributed by atoms with E-state index in [4.69, 9.17) is 27.2 Å². The molecule has 6 rings (SSSR count). The van der Waals surface area contributed by atoms with Gasteiger partial charge in [0.1, 0.15) is 33.6 Å². The summed E-state index contributed by atoms with van der Waals surface area (Å²) in [7, 11) is 0. The summed E-state index contributed by atoms with van der Waals surface area (Å²) in [5.74, 6) is -0.735. The van der Waals surface area contributed by atoms with E-state index in [1.54, 1.807) is 34.3 Å². The first-order valence-corrected chi connectivity index (χ1v) is 14.5. The molecule has 6 aromatic rings. The Morgan fingerprint density at radius 3 is 2.62 bits per heavy atom. The van der Waals surface area contributed by atoms with Gasteiger partial charge in [-0.15, -0.1) is 11.3 Å². The topological polar surface area (TPSA) is 100 Å². The maximum Gasteiger partial charge on any atom is 0.265 e. The van der Waals surface area contributed by atoms with Crippen molar-refractivity contribution < 1.29 is 13.5 Å². The van der Waals surface area contributed by atoms with E-state index in [0.29, 0.717) is 44.7 Å². The minimum Gasteiger partial charge on any atom is -0.488 e. The minimum absolute atomic E-state index is 0.122. The van der Waals surface area contributed by atoms with Crippen LogP contribution < -0.4 is 16.0 Å². The molecule has 2 aromatic carbocycles. The molecule has 0 saturated carbocycles. The zero-order chi connectivity index (χ0) is 29.7. The Bertz CT molecular complexity index is 2040. The number of nitrogens with two attached hydrogens (primary N) is 1. The Hall–Kier alpha value is -4.35. The number of nitrogens with zero attached hydrogens (tertiary/aromatic N) is 5. The van der Waals surface area contributed by atoms with Crippen LogP contribution in [0.4, 0.5) is 14.6 Å². The predicted molar refractivity (Wildman–Crippen MR) is 161 cm³/mol. The van der Waals surface area contributed by atoms with Gasteiger partial charge in [0.15, 0.2) is 17.2 Å². The second-order valence-corrected chi connectivity index (χ2v) is 11.3. The number of anilines is 1. The molecule has 2 N–H and O–H groups in total. The highest BCUT2D eigenvalue weighted by Crippen LogP contribution is 2.38. The molecule has 8 nitrogen and oxygen atoms in total. The van der Waals surface area contributed by atoms with Crippen LogP contribution in [0.3, 0.4) is 0 Å². The van der Waals surface area contributed by atoms with Crippen molar-refractivity contribution in [3.8, 4) is 28.1 Å². The van der Waals surface area contributed by atoms with Gasteiger partial charge in [-0.2, -0.15) is 5.10 Å². The number of pyridine rings is 1. The summed E-state index contributed by atoms with van der Waals surface area (Å²) in [4.78, 5) is 23.2. The van der Waals surface area contributed by atoms with Gasteiger partial charge in [0.25, 0.3) is 5.56 Å². The second kappa shape index (κ2) is 10.8. The predicted octanol–water partition coefficient (Wildman–Crippen LogP) is 7.14. The largest absolute Gasteiger partial charge is 0.488 e. The van der Waals surface area contributed by atoms with Gasteiger partial charge in [-0.05, 0) is 67.8 Å². The number of fused-ring (bicyclic) bond motifs is 2. The number of nitrogen functional groups attached to an aromatic ring is 1. The summed E-state index contributed by atoms with van der Waals surface area (Å²) in [6.07, 6.45) is 1.61. The van der Waals surface area contributed by atoms with Crippen LogP contribution >= 0.6 is 22.9 Å². The van der Waals surface area contributed by atoms with Gasteiger partial charge in [0.05, 0.1) is 23.1 Å². The Morgan fingerprint density at radius 1 is 1.10 bits per heavy atom. The minimum atomic E-state index is -0.548. The van der Waals surface area contributed by atoms with Crippen LogP contribution in [0.25, 0.3) is 38.2 Å². The van der Waals surface area contributed by atoms with E-state index in [-0.39, 0.29) is 33.9 Å². The van der Waals surface area contributed by atoms with Crippen molar-refractivity contribution in [2.24, 2.45) is 0 Å². The van der Waals surface area contributed by atoms with Gasteiger partial charge >= 0.3 is 0 Å². The number of hydrogen-bond acceptors (Lipinski definition) is 7. The smallest absolute Gasteiger partial charge is 0.265 e. The number of aromatic nitrogens is 5. The Morgan fingerprint density at radius 2 is 1.90 bits per heavy atom. The molecule has 4 aromatic heterocycles. The monoisotopic (exact) mass is 606 g/mol. The maximum atomic E-state index is 15.1. The number of thiazole rings is 1. The van der Waals surface area contributed by atoms with Crippen LogP contribution in [0.5, 0.6) is 5.75 Å². The van der Waals surface area contributed by atoms with E-state index in [1.807, 2.05) is 26.8 Å². The van der Waals surface area contributed by atoms with E-state index in [1.165, 1.54) is 40.3 Å². The summed E-state index contributed by atoms with van der Waals surface area (Å²) in [6.45, 7) is 5.58. The molecule has 0 aliphatic rings. The average Bonchev–Trinajstić information content (AvgIpc) is 3.52. The van der Waals surface area contributed by atoms with Gasteiger partial charge in [0.2, 0.25) is 0 Å². The van der Waals surface area contributed by atoms with Crippen LogP contribution in [-0.2, 0) is 0 Å². The van der Waals surface area contributed by atoms with Crippen LogP contribution in [0.2, 0.25) is 5.15 Å². The van der Waals surface area contributed by atoms with Crippen molar-refractivity contribution in [1.29, 1.82) is 0 Å². The molecule has 0 spiro atoms. The van der Waals surface area contributed by atoms with Crippen LogP contribution in [0.15, 0.2) is 65.0 Å². The molecule has 0 bridgehead atoms. The third-order valence-corrected chi connectivity index (χ3v) is 8.23. The van der Waals surface area contributed by atoms with Gasteiger partial charge in [-0.25, -0.2) is 23.4 Å². The van der Waals surface area contributed by atoms with Crippen molar-refractivity contribution in [3.05, 3.63) is 92.9 Å². The number of halogens is 3. The summed E-state index contributed by atoms with van der Waals surface area (Å²) in [6, 6.07) is 11.8. The highest BCUT2D eigenvalue weighted by atomic mass is 35.5. The summed E-state index contributed by atoms with van der Waals surface area (Å²) in [5, 5.41) is 7.27. The maximum absolute atomic E-state index is 15.1. The van der Waals surface area contributed by atoms with E-state index in [0.717, 1.165) is 0 Å². The lowest BCUT2D eigenvalue weighted by Gasteiger charge is -2.20. The molecule has 0 saturated heterocycles. The fourth-order valence-electron chi connectivity index (χ4n) is 5.19. The molecule has 214 valence electrons. The Kier molecular flexibility index (Phi) is 7.15. The highest BCUT2D eigenvalue weighted by Gasteiger charge is 2.28. The van der Waals surface area contributed by atoms with Crippen molar-refractivity contribution in [1.82, 2.24) is 24.1 Å². The molecule has 12 heteroatoms. The number of benzene rings is 2. The summed E-state index contributed by atoms with van der Waals surface area (Å²) in [5.41, 5.74) is 8.47. The van der Waals surface area contributed by atoms with E-state index in [9.17, 15) is 9.18 Å². The quantitative estimate of drug-likeness (QED) is 0.207. The first-order chi connectivity index (χ1) is 20.2. The molecule has 1 atom stereocenters. The average molecular weight is 607 g/mol. The van der Waals surface area contributed by atoms with Crippen molar-refractivity contribution in [2.75, 3.05) is 5.73 Å². The molecule has 0 aliphatic carbocycles. The lowest BCUT2D eigenvalue weighted by Crippen LogP contribution is -2.21. The molecule has 0 amide bonds. The normalized spacial score (nSPS) is 12.5. The lowest BCUT2D eigenvalue weighted by molar-refractivity contribution is 0.231. The number of ether oxygens (including phenoxy) is 1. The van der Waals surface area contributed by atoms with Gasteiger partial charge in [-0.3, -0.25) is 9.20 Å². The molecular formula is C30H25ClF2N6O2S. The molecule has 0 radical (unpaired) electrons. The van der Waals surface area contributed by atoms with Crippen LogP contribution in [0.1, 0.15) is 38.8 Å². The van der Waals surface area contributed by atoms with E-state index >= 15 is 4.39 Å². The van der Waals surface area contributed by atoms with Gasteiger partial charge < -0.3 is 10.5 Å². The zero-order valence-corrected chi connectivity index (χ0v) is 24.4. The van der Waals surface area contributed by atoms with E-state index < -0.39 is 17.7 Å². The first kappa shape index (κ1) is 27.8. The van der Waals surface area contributed by atoms with Gasteiger partial charge in [0, 0.05) is 10.9 Å². The summed E-state index contributed by atoms with van der Waals surface area (Å²) < 4.78 is 38.1. The standard InChI is InChI=1S/C30H25ClF2N6O2S/c1-4-21(19-12-24-38(23(31)13-42-24)30(40)25(19)16-6-5-7-18(32)10-16)39-29-26(28(34)35-14-36-29)27(37-39)17-8-9-22(20(33)11-17)41-15(2)3/h5-15,21H,4H2,1-3H3,(H2,34,35,36)/t21-/m0/s1. The highest BCUT2D eigenvalue weighted by molar-refractivity contribution is 7.16. The lowest BCUT2D eigenvalue weighted by atomic mass is 9.95. The van der Waals surface area contributed by atoms with E-state index in [2.05, 4.69) is 9.97 Å². The SMILES string of the molecule is CC[C@@H](c1cc2scc(Cl)n2c(=O)c1-c1cccc(F)c1)n1nc(-c2ccc(OC(C)C)c(F)c2)c2c(N)ncnc21. The first-order valence-electron chi connectivity index (χ1n) is 13.2. The zero-order valence-electron chi connectivity index (χ0n) is 22.8. The third-order valence-electron chi connectivity index (χ3n) is 6.94. The van der Waals surface area contributed by atoms with Crippen molar-refractivity contribution >= 4 is 44.6 Å². The third kappa shape index (κ3) is 4.68. The number of rotatable bonds is 7. The fraction of sp³-hybridized carbons (Fsp3) is 0.200. The molecule has 0 fully saturated rings. The molecule has 0 aliphatic heterocycles. The van der Waals surface area contributed by atoms with Crippen molar-refractivity contribution in [2.45, 2.75) is 39.3 Å². The summed E-state index contributed by atoms with van der Waals surface area (Å²) >= 11 is 7.70. The van der Waals surface area contributed by atoms with Crippen LogP contribution in [-0.4, -0.2) is 30.3 Å². The molecule has 42 heavy (non-hydrogen) atoms. The fourth-order valence-corrected chi connectivity index (χ4v) is 6.35. The second-order valence-electron chi connectivity index (χ2n) is 10.0. The molecular weight excluding hydrogens is 582 g/mol. The van der Waals surface area contributed by atoms with Crippen LogP contribution in [0, 0.1) is 11.6 Å². The number of hydrogen-bond donors (Lipinski definition) is 1. The molecule has 4 heterocycles. The molecule has 0 unspecified atom stereocenters. The Labute approximate surface area is 248 Å². The van der Waals surface area contributed by atoms with Crippen molar-refractivity contribution in [3.63, 3.8) is 0 Å².